The van der Waals surface area contributed by atoms with Crippen LogP contribution in [0.4, 0.5) is 0 Å². The maximum atomic E-state index is 3.82. The van der Waals surface area contributed by atoms with E-state index < -0.39 is 0 Å². The van der Waals surface area contributed by atoms with Gasteiger partial charge in [0.15, 0.2) is 0 Å². The Morgan fingerprint density at radius 2 is 1.71 bits per heavy atom. The fraction of sp³-hybridized carbons (Fsp3) is 0.400. The van der Waals surface area contributed by atoms with Crippen molar-refractivity contribution in [2.75, 3.05) is 0 Å². The summed E-state index contributed by atoms with van der Waals surface area (Å²) in [5.74, 6) is 0. The maximum absolute atomic E-state index is 3.82. The largest absolute Gasteiger partial charge is 0.303 e. The summed E-state index contributed by atoms with van der Waals surface area (Å²) in [4.78, 5) is 0. The SMILES string of the molecule is CCCC(NC(C)c1cc(C)ccc1C)c1ccccc1. The molecular weight excluding hydrogens is 254 g/mol. The molecule has 0 aromatic heterocycles. The van der Waals surface area contributed by atoms with Crippen LogP contribution in [0.15, 0.2) is 48.5 Å². The predicted molar refractivity (Wildman–Crippen MR) is 91.6 cm³/mol. The second-order valence-corrected chi connectivity index (χ2v) is 6.00. The van der Waals surface area contributed by atoms with E-state index in [-0.39, 0.29) is 0 Å². The highest BCUT2D eigenvalue weighted by Gasteiger charge is 2.15. The second-order valence-electron chi connectivity index (χ2n) is 6.00. The fourth-order valence-electron chi connectivity index (χ4n) is 2.94. The van der Waals surface area contributed by atoms with E-state index in [4.69, 9.17) is 0 Å². The molecule has 0 bridgehead atoms. The van der Waals surface area contributed by atoms with Gasteiger partial charge in [-0.2, -0.15) is 0 Å². The molecule has 1 heteroatoms. The zero-order chi connectivity index (χ0) is 15.2. The molecular formula is C20H27N. The highest BCUT2D eigenvalue weighted by Crippen LogP contribution is 2.25. The van der Waals surface area contributed by atoms with E-state index in [1.807, 2.05) is 0 Å². The van der Waals surface area contributed by atoms with Gasteiger partial charge in [-0.25, -0.2) is 0 Å². The molecule has 2 aromatic carbocycles. The Bertz CT molecular complexity index is 559. The smallest absolute Gasteiger partial charge is 0.0325 e. The lowest BCUT2D eigenvalue weighted by Crippen LogP contribution is -2.25. The normalized spacial score (nSPS) is 13.9. The van der Waals surface area contributed by atoms with E-state index in [2.05, 4.69) is 81.5 Å². The van der Waals surface area contributed by atoms with E-state index in [0.29, 0.717) is 12.1 Å². The molecule has 2 aromatic rings. The van der Waals surface area contributed by atoms with Gasteiger partial charge in [-0.15, -0.1) is 0 Å². The van der Waals surface area contributed by atoms with Gasteiger partial charge < -0.3 is 5.32 Å². The molecule has 1 nitrogen and oxygen atoms in total. The Balaban J connectivity index is 2.18. The Labute approximate surface area is 129 Å². The monoisotopic (exact) mass is 281 g/mol. The lowest BCUT2D eigenvalue weighted by atomic mass is 9.96. The zero-order valence-corrected chi connectivity index (χ0v) is 13.7. The third-order valence-electron chi connectivity index (χ3n) is 4.13. The van der Waals surface area contributed by atoms with E-state index >= 15 is 0 Å². The van der Waals surface area contributed by atoms with Gasteiger partial charge >= 0.3 is 0 Å². The van der Waals surface area contributed by atoms with Crippen molar-refractivity contribution in [2.45, 2.75) is 52.6 Å². The van der Waals surface area contributed by atoms with Gasteiger partial charge in [0.25, 0.3) is 0 Å². The predicted octanol–water partition coefficient (Wildman–Crippen LogP) is 5.50. The van der Waals surface area contributed by atoms with Gasteiger partial charge in [-0.3, -0.25) is 0 Å². The summed E-state index contributed by atoms with van der Waals surface area (Å²) >= 11 is 0. The van der Waals surface area contributed by atoms with Gasteiger partial charge in [0.2, 0.25) is 0 Å². The third kappa shape index (κ3) is 4.18. The average Bonchev–Trinajstić information content (AvgIpc) is 2.50. The number of hydrogen-bond donors (Lipinski definition) is 1. The van der Waals surface area contributed by atoms with Crippen molar-refractivity contribution in [2.24, 2.45) is 0 Å². The highest BCUT2D eigenvalue weighted by molar-refractivity contribution is 5.33. The van der Waals surface area contributed by atoms with Crippen LogP contribution in [-0.4, -0.2) is 0 Å². The van der Waals surface area contributed by atoms with Crippen LogP contribution in [0.1, 0.15) is 61.0 Å². The summed E-state index contributed by atoms with van der Waals surface area (Å²) in [6.07, 6.45) is 2.35. The minimum absolute atomic E-state index is 0.363. The molecule has 0 saturated heterocycles. The van der Waals surface area contributed by atoms with Crippen molar-refractivity contribution in [3.63, 3.8) is 0 Å². The lowest BCUT2D eigenvalue weighted by Gasteiger charge is -2.25. The molecule has 2 rings (SSSR count). The second kappa shape index (κ2) is 7.42. The molecule has 0 amide bonds. The molecule has 0 heterocycles. The summed E-state index contributed by atoms with van der Waals surface area (Å²) in [7, 11) is 0. The Morgan fingerprint density at radius 3 is 2.38 bits per heavy atom. The molecule has 2 atom stereocenters. The van der Waals surface area contributed by atoms with Crippen molar-refractivity contribution >= 4 is 0 Å². The number of nitrogens with one attached hydrogen (secondary N) is 1. The van der Waals surface area contributed by atoms with Crippen LogP contribution in [0.25, 0.3) is 0 Å². The van der Waals surface area contributed by atoms with Gasteiger partial charge in [-0.1, -0.05) is 67.4 Å². The average molecular weight is 281 g/mol. The van der Waals surface area contributed by atoms with E-state index in [9.17, 15) is 0 Å². The molecule has 1 N–H and O–H groups in total. The van der Waals surface area contributed by atoms with Gasteiger partial charge in [-0.05, 0) is 43.9 Å². The molecule has 2 unspecified atom stereocenters. The summed E-state index contributed by atoms with van der Waals surface area (Å²) in [6, 6.07) is 18.3. The summed E-state index contributed by atoms with van der Waals surface area (Å²) in [5.41, 5.74) is 5.49. The molecule has 0 radical (unpaired) electrons. The molecule has 0 saturated carbocycles. The summed E-state index contributed by atoms with van der Waals surface area (Å²) < 4.78 is 0. The summed E-state index contributed by atoms with van der Waals surface area (Å²) in [6.45, 7) is 8.88. The first kappa shape index (κ1) is 15.8. The van der Waals surface area contributed by atoms with Crippen molar-refractivity contribution in [3.8, 4) is 0 Å². The molecule has 0 aliphatic carbocycles. The lowest BCUT2D eigenvalue weighted by molar-refractivity contribution is 0.438. The topological polar surface area (TPSA) is 12.0 Å². The van der Waals surface area contributed by atoms with Gasteiger partial charge in [0, 0.05) is 12.1 Å². The molecule has 112 valence electrons. The fourth-order valence-corrected chi connectivity index (χ4v) is 2.94. The van der Waals surface area contributed by atoms with Crippen LogP contribution in [0.2, 0.25) is 0 Å². The van der Waals surface area contributed by atoms with Crippen LogP contribution in [-0.2, 0) is 0 Å². The minimum atomic E-state index is 0.363. The molecule has 0 spiro atoms. The molecule has 0 aliphatic rings. The van der Waals surface area contributed by atoms with Gasteiger partial charge in [0.1, 0.15) is 0 Å². The summed E-state index contributed by atoms with van der Waals surface area (Å²) in [5, 5.41) is 3.82. The van der Waals surface area contributed by atoms with Crippen LogP contribution >= 0.6 is 0 Å². The van der Waals surface area contributed by atoms with E-state index in [1.54, 1.807) is 0 Å². The standard InChI is InChI=1S/C20H27N/c1-5-9-20(18-10-7-6-8-11-18)21-17(4)19-14-15(2)12-13-16(19)3/h6-8,10-14,17,20-21H,5,9H2,1-4H3. The third-order valence-corrected chi connectivity index (χ3v) is 4.13. The molecule has 0 fully saturated rings. The Kier molecular flexibility index (Phi) is 5.58. The first-order valence-corrected chi connectivity index (χ1v) is 8.00. The van der Waals surface area contributed by atoms with Crippen LogP contribution < -0.4 is 5.32 Å². The molecule has 21 heavy (non-hydrogen) atoms. The quantitative estimate of drug-likeness (QED) is 0.737. The van der Waals surface area contributed by atoms with Crippen molar-refractivity contribution in [3.05, 3.63) is 70.8 Å². The number of benzene rings is 2. The zero-order valence-electron chi connectivity index (χ0n) is 13.7. The van der Waals surface area contributed by atoms with Crippen LogP contribution in [0.3, 0.4) is 0 Å². The van der Waals surface area contributed by atoms with Crippen molar-refractivity contribution < 1.29 is 0 Å². The maximum Gasteiger partial charge on any atom is 0.0325 e. The van der Waals surface area contributed by atoms with Gasteiger partial charge in [0.05, 0.1) is 0 Å². The Hall–Kier alpha value is -1.60. The van der Waals surface area contributed by atoms with E-state index in [0.717, 1.165) is 0 Å². The highest BCUT2D eigenvalue weighted by atomic mass is 14.9. The number of rotatable bonds is 6. The minimum Gasteiger partial charge on any atom is -0.303 e. The van der Waals surface area contributed by atoms with Crippen LogP contribution in [0, 0.1) is 13.8 Å². The van der Waals surface area contributed by atoms with E-state index in [1.165, 1.54) is 35.1 Å². The van der Waals surface area contributed by atoms with Crippen LogP contribution in [0.5, 0.6) is 0 Å². The number of hydrogen-bond acceptors (Lipinski definition) is 1. The van der Waals surface area contributed by atoms with Crippen molar-refractivity contribution in [1.82, 2.24) is 5.32 Å². The Morgan fingerprint density at radius 1 is 1.00 bits per heavy atom. The number of aryl methyl sites for hydroxylation is 2. The first-order valence-electron chi connectivity index (χ1n) is 8.00. The first-order chi connectivity index (χ1) is 10.1. The van der Waals surface area contributed by atoms with Crippen molar-refractivity contribution in [1.29, 1.82) is 0 Å². The molecule has 0 aliphatic heterocycles.